The van der Waals surface area contributed by atoms with E-state index in [0.717, 1.165) is 18.4 Å². The second-order valence-corrected chi connectivity index (χ2v) is 10.5. The van der Waals surface area contributed by atoms with Gasteiger partial charge in [0.05, 0.1) is 17.8 Å². The van der Waals surface area contributed by atoms with Crippen molar-refractivity contribution in [2.24, 2.45) is 22.7 Å². The summed E-state index contributed by atoms with van der Waals surface area (Å²) in [7, 11) is 0. The van der Waals surface area contributed by atoms with Gasteiger partial charge in [0.1, 0.15) is 23.7 Å². The first kappa shape index (κ1) is 19.2. The van der Waals surface area contributed by atoms with Gasteiger partial charge in [-0.25, -0.2) is 4.79 Å². The highest BCUT2D eigenvalue weighted by Gasteiger charge is 2.68. The van der Waals surface area contributed by atoms with Gasteiger partial charge in [0.25, 0.3) is 0 Å². The molecule has 5 rings (SSSR count). The van der Waals surface area contributed by atoms with E-state index < -0.39 is 34.6 Å². The van der Waals surface area contributed by atoms with Gasteiger partial charge in [0, 0.05) is 23.0 Å². The van der Waals surface area contributed by atoms with Crippen molar-refractivity contribution in [1.29, 1.82) is 0 Å². The Kier molecular flexibility index (Phi) is 3.75. The summed E-state index contributed by atoms with van der Waals surface area (Å²) < 4.78 is 12.0. The molecule has 2 aliphatic carbocycles. The number of esters is 1. The highest BCUT2D eigenvalue weighted by atomic mass is 16.5. The molecule has 0 unspecified atom stereocenters. The number of aliphatic hydroxyl groups excluding tert-OH is 2. The van der Waals surface area contributed by atoms with Crippen molar-refractivity contribution < 1.29 is 29.6 Å². The third-order valence-electron chi connectivity index (χ3n) is 8.83. The van der Waals surface area contributed by atoms with Gasteiger partial charge in [-0.1, -0.05) is 27.7 Å². The summed E-state index contributed by atoms with van der Waals surface area (Å²) in [5, 5.41) is 32.2. The first-order chi connectivity index (χ1) is 13.5. The Morgan fingerprint density at radius 3 is 2.59 bits per heavy atom. The number of rotatable bonds is 0. The van der Waals surface area contributed by atoms with Crippen molar-refractivity contribution in [3.63, 3.8) is 0 Å². The number of aromatic hydroxyl groups is 1. The first-order valence-corrected chi connectivity index (χ1v) is 10.6. The Morgan fingerprint density at radius 1 is 1.14 bits per heavy atom. The maximum Gasteiger partial charge on any atom is 0.339 e. The Labute approximate surface area is 170 Å². The summed E-state index contributed by atoms with van der Waals surface area (Å²) in [5.74, 6) is 0.580. The minimum atomic E-state index is -0.829. The van der Waals surface area contributed by atoms with Gasteiger partial charge in [-0.3, -0.25) is 0 Å². The molecule has 2 aliphatic heterocycles. The molecule has 0 aromatic heterocycles. The van der Waals surface area contributed by atoms with E-state index in [0.29, 0.717) is 29.7 Å². The molecule has 3 N–H and O–H groups in total. The van der Waals surface area contributed by atoms with Crippen molar-refractivity contribution in [3.8, 4) is 11.5 Å². The number of hydrogen-bond donors (Lipinski definition) is 3. The summed E-state index contributed by atoms with van der Waals surface area (Å²) >= 11 is 0. The van der Waals surface area contributed by atoms with Crippen LogP contribution in [0.2, 0.25) is 0 Å². The van der Waals surface area contributed by atoms with E-state index in [-0.39, 0.29) is 24.2 Å². The normalized spacial score (nSPS) is 42.1. The van der Waals surface area contributed by atoms with Crippen LogP contribution < -0.4 is 4.74 Å². The van der Waals surface area contributed by atoms with Crippen LogP contribution in [0.4, 0.5) is 0 Å². The van der Waals surface area contributed by atoms with Gasteiger partial charge in [-0.05, 0) is 42.6 Å². The Hall–Kier alpha value is -1.79. The van der Waals surface area contributed by atoms with Crippen LogP contribution in [-0.4, -0.2) is 39.1 Å². The van der Waals surface area contributed by atoms with Crippen molar-refractivity contribution >= 4 is 5.97 Å². The lowest BCUT2D eigenvalue weighted by atomic mass is 9.43. The van der Waals surface area contributed by atoms with Crippen LogP contribution >= 0.6 is 0 Å². The summed E-state index contributed by atoms with van der Waals surface area (Å²) in [6, 6.07) is 1.50. The van der Waals surface area contributed by atoms with Gasteiger partial charge in [0.2, 0.25) is 0 Å². The molecule has 2 saturated carbocycles. The summed E-state index contributed by atoms with van der Waals surface area (Å²) in [6.07, 6.45) is 1.27. The zero-order valence-corrected chi connectivity index (χ0v) is 17.5. The Balaban J connectivity index is 1.66. The molecule has 29 heavy (non-hydrogen) atoms. The highest BCUT2D eigenvalue weighted by Crippen LogP contribution is 2.67. The maximum absolute atomic E-state index is 12.1. The zero-order chi connectivity index (χ0) is 20.9. The minimum absolute atomic E-state index is 0.0723. The molecule has 2 heterocycles. The molecular formula is C23H30O6. The molecule has 1 aromatic rings. The lowest BCUT2D eigenvalue weighted by molar-refractivity contribution is -0.240. The number of benzene rings is 1. The number of ether oxygens (including phenoxy) is 2. The van der Waals surface area contributed by atoms with E-state index in [1.54, 1.807) is 0 Å². The predicted molar refractivity (Wildman–Crippen MR) is 105 cm³/mol. The SMILES string of the molecule is C[C@@H]1CC[C@H]2C(C)(C)[C@H](O)[C@H](O)C[C@]2(C)[C@@]12Cc1c(O)cc3c(c1O2)COC3=O. The molecule has 1 aromatic carbocycles. The molecule has 4 aliphatic rings. The number of phenols is 1. The summed E-state index contributed by atoms with van der Waals surface area (Å²) in [5.41, 5.74) is 0.356. The van der Waals surface area contributed by atoms with Crippen LogP contribution in [0.25, 0.3) is 0 Å². The minimum Gasteiger partial charge on any atom is -0.508 e. The van der Waals surface area contributed by atoms with Crippen LogP contribution in [-0.2, 0) is 17.8 Å². The first-order valence-electron chi connectivity index (χ1n) is 10.6. The molecular weight excluding hydrogens is 372 g/mol. The fourth-order valence-electron chi connectivity index (χ4n) is 7.22. The number of cyclic esters (lactones) is 1. The van der Waals surface area contributed by atoms with Gasteiger partial charge in [-0.2, -0.15) is 0 Å². The monoisotopic (exact) mass is 402 g/mol. The van der Waals surface area contributed by atoms with E-state index in [4.69, 9.17) is 9.47 Å². The average molecular weight is 402 g/mol. The van der Waals surface area contributed by atoms with Crippen molar-refractivity contribution in [1.82, 2.24) is 0 Å². The standard InChI is InChI=1S/C23H30O6/c1-11-5-6-17-21(2,3)19(26)16(25)9-22(17,4)23(11)8-13-15(24)7-12-14(18(13)29-23)10-28-20(12)27/h7,11,16-17,19,24-26H,5-6,8-10H2,1-4H3/t11-,16-,17+,19-,22+,23-/m1/s1. The fourth-order valence-corrected chi connectivity index (χ4v) is 7.22. The van der Waals surface area contributed by atoms with Gasteiger partial charge in [0.15, 0.2) is 0 Å². The average Bonchev–Trinajstić information content (AvgIpc) is 3.22. The van der Waals surface area contributed by atoms with Crippen LogP contribution in [0.1, 0.15) is 68.4 Å². The van der Waals surface area contributed by atoms with E-state index >= 15 is 0 Å². The Morgan fingerprint density at radius 2 is 1.86 bits per heavy atom. The molecule has 2 fully saturated rings. The molecule has 0 saturated heterocycles. The number of carbonyl (C=O) groups excluding carboxylic acids is 1. The van der Waals surface area contributed by atoms with Crippen molar-refractivity contribution in [2.75, 3.05) is 0 Å². The summed E-state index contributed by atoms with van der Waals surface area (Å²) in [6.45, 7) is 8.59. The zero-order valence-electron chi connectivity index (χ0n) is 17.5. The largest absolute Gasteiger partial charge is 0.508 e. The number of hydrogen-bond acceptors (Lipinski definition) is 6. The molecule has 6 atom stereocenters. The lowest BCUT2D eigenvalue weighted by Crippen LogP contribution is -2.69. The molecule has 6 heteroatoms. The lowest BCUT2D eigenvalue weighted by Gasteiger charge is -2.64. The third kappa shape index (κ3) is 2.17. The van der Waals surface area contributed by atoms with Gasteiger partial charge >= 0.3 is 5.97 Å². The number of carbonyl (C=O) groups is 1. The van der Waals surface area contributed by atoms with Gasteiger partial charge < -0.3 is 24.8 Å². The predicted octanol–water partition coefficient (Wildman–Crippen LogP) is 2.94. The molecule has 6 nitrogen and oxygen atoms in total. The van der Waals surface area contributed by atoms with Crippen LogP contribution in [0.15, 0.2) is 6.07 Å². The van der Waals surface area contributed by atoms with Crippen LogP contribution in [0, 0.1) is 22.7 Å². The van der Waals surface area contributed by atoms with E-state index in [1.165, 1.54) is 6.07 Å². The van der Waals surface area contributed by atoms with E-state index in [9.17, 15) is 20.1 Å². The second-order valence-electron chi connectivity index (χ2n) is 10.5. The number of fused-ring (bicyclic) bond motifs is 5. The highest BCUT2D eigenvalue weighted by molar-refractivity contribution is 5.95. The fraction of sp³-hybridized carbons (Fsp3) is 0.696. The molecule has 0 radical (unpaired) electrons. The quantitative estimate of drug-likeness (QED) is 0.578. The number of aliphatic hydroxyl groups is 2. The molecule has 1 spiro atoms. The van der Waals surface area contributed by atoms with Gasteiger partial charge in [-0.15, -0.1) is 0 Å². The van der Waals surface area contributed by atoms with E-state index in [1.807, 2.05) is 13.8 Å². The van der Waals surface area contributed by atoms with Crippen molar-refractivity contribution in [3.05, 3.63) is 22.8 Å². The van der Waals surface area contributed by atoms with Crippen LogP contribution in [0.3, 0.4) is 0 Å². The molecule has 158 valence electrons. The topological polar surface area (TPSA) is 96.2 Å². The second kappa shape index (κ2) is 5.67. The third-order valence-corrected chi connectivity index (χ3v) is 8.83. The molecule has 0 bridgehead atoms. The Bertz CT molecular complexity index is 907. The van der Waals surface area contributed by atoms with E-state index in [2.05, 4.69) is 13.8 Å². The van der Waals surface area contributed by atoms with Crippen LogP contribution in [0.5, 0.6) is 11.5 Å². The smallest absolute Gasteiger partial charge is 0.339 e. The molecule has 0 amide bonds. The van der Waals surface area contributed by atoms with Crippen molar-refractivity contribution in [2.45, 2.75) is 77.8 Å². The summed E-state index contributed by atoms with van der Waals surface area (Å²) in [4.78, 5) is 12.1. The number of phenolic OH excluding ortho intramolecular Hbond substituents is 1. The maximum atomic E-state index is 12.1.